The lowest BCUT2D eigenvalue weighted by atomic mass is 9.93. The van der Waals surface area contributed by atoms with Crippen molar-refractivity contribution in [2.24, 2.45) is 0 Å². The van der Waals surface area contributed by atoms with Crippen LogP contribution in [0.1, 0.15) is 25.0 Å². The molecule has 1 heterocycles. The number of hydrogen-bond donors (Lipinski definition) is 1. The zero-order chi connectivity index (χ0) is 20.5. The fourth-order valence-electron chi connectivity index (χ4n) is 2.94. The van der Waals surface area contributed by atoms with Gasteiger partial charge in [0.15, 0.2) is 0 Å². The Morgan fingerprint density at radius 1 is 1.25 bits per heavy atom. The van der Waals surface area contributed by atoms with E-state index in [-0.39, 0.29) is 11.4 Å². The molecule has 1 N–H and O–H groups in total. The van der Waals surface area contributed by atoms with Gasteiger partial charge >= 0.3 is 6.09 Å². The summed E-state index contributed by atoms with van der Waals surface area (Å²) in [5, 5.41) is 14.1. The molecule has 3 rings (SSSR count). The van der Waals surface area contributed by atoms with Crippen molar-refractivity contribution in [3.63, 3.8) is 0 Å². The average molecular weight is 381 g/mol. The topological polar surface area (TPSA) is 102 Å². The first-order chi connectivity index (χ1) is 13.2. The van der Waals surface area contributed by atoms with Crippen LogP contribution in [0, 0.1) is 10.1 Å². The number of hydrogen-bond acceptors (Lipinski definition) is 5. The number of carbonyl (C=O) groups is 2. The third-order valence-electron chi connectivity index (χ3n) is 4.42. The predicted octanol–water partition coefficient (Wildman–Crippen LogP) is 4.07. The number of rotatable bonds is 4. The van der Waals surface area contributed by atoms with E-state index in [9.17, 15) is 19.7 Å². The molecule has 8 nitrogen and oxygen atoms in total. The second-order valence-electron chi connectivity index (χ2n) is 6.81. The molecule has 1 aliphatic rings. The number of benzene rings is 2. The third kappa shape index (κ3) is 3.71. The Morgan fingerprint density at radius 2 is 1.93 bits per heavy atom. The predicted molar refractivity (Wildman–Crippen MR) is 105 cm³/mol. The molecule has 0 fully saturated rings. The Labute approximate surface area is 161 Å². The SMILES string of the molecule is CN1C(=O)OC(C)(C)c2cc(NC(=O)C=Cc3ccccc3)c([N+](=O)[O-])cc21. The number of nitrogens with zero attached hydrogens (tertiary/aromatic N) is 2. The molecule has 0 radical (unpaired) electrons. The number of nitro benzene ring substituents is 1. The van der Waals surface area contributed by atoms with Crippen molar-refractivity contribution < 1.29 is 19.2 Å². The first-order valence-corrected chi connectivity index (χ1v) is 8.53. The number of amides is 2. The minimum atomic E-state index is -0.993. The molecule has 28 heavy (non-hydrogen) atoms. The van der Waals surface area contributed by atoms with Crippen LogP contribution in [-0.4, -0.2) is 24.0 Å². The van der Waals surface area contributed by atoms with E-state index in [1.54, 1.807) is 19.9 Å². The van der Waals surface area contributed by atoms with E-state index in [2.05, 4.69) is 5.32 Å². The summed E-state index contributed by atoms with van der Waals surface area (Å²) in [7, 11) is 1.47. The van der Waals surface area contributed by atoms with Crippen molar-refractivity contribution in [2.75, 3.05) is 17.3 Å². The van der Waals surface area contributed by atoms with Gasteiger partial charge in [-0.25, -0.2) is 4.79 Å². The summed E-state index contributed by atoms with van der Waals surface area (Å²) in [5.74, 6) is -0.508. The zero-order valence-corrected chi connectivity index (χ0v) is 15.6. The molecule has 8 heteroatoms. The van der Waals surface area contributed by atoms with E-state index >= 15 is 0 Å². The molecule has 0 aliphatic carbocycles. The molecule has 0 unspecified atom stereocenters. The molecule has 144 valence electrons. The maximum Gasteiger partial charge on any atom is 0.414 e. The molecule has 0 saturated heterocycles. The first kappa shape index (κ1) is 19.1. The normalized spacial score (nSPS) is 15.1. The maximum absolute atomic E-state index is 12.3. The monoisotopic (exact) mass is 381 g/mol. The van der Waals surface area contributed by atoms with Crippen molar-refractivity contribution in [1.82, 2.24) is 0 Å². The fraction of sp³-hybridized carbons (Fsp3) is 0.200. The standard InChI is InChI=1S/C20H19N3O5/c1-20(2)14-11-15(21-18(24)10-9-13-7-5-4-6-8-13)17(23(26)27)12-16(14)22(3)19(25)28-20/h4-12H,1-3H3,(H,21,24). The summed E-state index contributed by atoms with van der Waals surface area (Å²) in [6.07, 6.45) is 2.31. The highest BCUT2D eigenvalue weighted by atomic mass is 16.6. The highest BCUT2D eigenvalue weighted by molar-refractivity contribution is 6.04. The Hall–Kier alpha value is -3.68. The minimum absolute atomic E-state index is 0.0332. The zero-order valence-electron chi connectivity index (χ0n) is 15.6. The van der Waals surface area contributed by atoms with Crippen LogP contribution in [0.4, 0.5) is 21.9 Å². The van der Waals surface area contributed by atoms with Gasteiger partial charge in [0, 0.05) is 24.8 Å². The number of ether oxygens (including phenoxy) is 1. The lowest BCUT2D eigenvalue weighted by Crippen LogP contribution is -2.41. The van der Waals surface area contributed by atoms with Gasteiger partial charge in [-0.1, -0.05) is 30.3 Å². The van der Waals surface area contributed by atoms with Crippen molar-refractivity contribution >= 4 is 35.1 Å². The molecule has 0 aromatic heterocycles. The molecule has 1 aliphatic heterocycles. The number of cyclic esters (lactones) is 1. The third-order valence-corrected chi connectivity index (χ3v) is 4.42. The summed E-state index contributed by atoms with van der Waals surface area (Å²) in [5.41, 5.74) is 0.483. The van der Waals surface area contributed by atoms with Gasteiger partial charge in [-0.2, -0.15) is 0 Å². The number of nitrogens with one attached hydrogen (secondary N) is 1. The van der Waals surface area contributed by atoms with Crippen LogP contribution in [0.3, 0.4) is 0 Å². The van der Waals surface area contributed by atoms with Crippen molar-refractivity contribution in [3.8, 4) is 0 Å². The Bertz CT molecular complexity index is 983. The second kappa shape index (κ2) is 7.15. The van der Waals surface area contributed by atoms with Gasteiger partial charge in [-0.3, -0.25) is 19.8 Å². The molecule has 2 aromatic carbocycles. The number of anilines is 2. The van der Waals surface area contributed by atoms with Gasteiger partial charge < -0.3 is 10.1 Å². The van der Waals surface area contributed by atoms with Gasteiger partial charge in [0.2, 0.25) is 5.91 Å². The Kier molecular flexibility index (Phi) is 4.87. The van der Waals surface area contributed by atoms with E-state index in [0.29, 0.717) is 11.3 Å². The highest BCUT2D eigenvalue weighted by Crippen LogP contribution is 2.43. The Balaban J connectivity index is 1.97. The van der Waals surface area contributed by atoms with Gasteiger partial charge in [0.25, 0.3) is 5.69 Å². The molecular formula is C20H19N3O5. The minimum Gasteiger partial charge on any atom is -0.438 e. The summed E-state index contributed by atoms with van der Waals surface area (Å²) in [6.45, 7) is 3.37. The van der Waals surface area contributed by atoms with Gasteiger partial charge in [-0.05, 0) is 31.6 Å². The van der Waals surface area contributed by atoms with Crippen LogP contribution in [0.2, 0.25) is 0 Å². The smallest absolute Gasteiger partial charge is 0.414 e. The summed E-state index contributed by atoms with van der Waals surface area (Å²) < 4.78 is 5.37. The van der Waals surface area contributed by atoms with Gasteiger partial charge in [-0.15, -0.1) is 0 Å². The molecular weight excluding hydrogens is 362 g/mol. The van der Waals surface area contributed by atoms with Crippen LogP contribution < -0.4 is 10.2 Å². The van der Waals surface area contributed by atoms with Crippen molar-refractivity contribution in [3.05, 3.63) is 69.8 Å². The van der Waals surface area contributed by atoms with E-state index in [1.165, 1.54) is 30.2 Å². The lowest BCUT2D eigenvalue weighted by Gasteiger charge is -2.36. The number of fused-ring (bicyclic) bond motifs is 1. The largest absolute Gasteiger partial charge is 0.438 e. The molecule has 0 saturated carbocycles. The van der Waals surface area contributed by atoms with E-state index in [4.69, 9.17) is 4.74 Å². The summed E-state index contributed by atoms with van der Waals surface area (Å²) in [6, 6.07) is 11.9. The molecule has 2 amide bonds. The van der Waals surface area contributed by atoms with Crippen molar-refractivity contribution in [2.45, 2.75) is 19.4 Å². The highest BCUT2D eigenvalue weighted by Gasteiger charge is 2.39. The fourth-order valence-corrected chi connectivity index (χ4v) is 2.94. The van der Waals surface area contributed by atoms with Gasteiger partial charge in [0.1, 0.15) is 11.3 Å². The molecule has 0 atom stereocenters. The first-order valence-electron chi connectivity index (χ1n) is 8.53. The van der Waals surface area contributed by atoms with Crippen LogP contribution in [-0.2, 0) is 15.1 Å². The van der Waals surface area contributed by atoms with Crippen LogP contribution >= 0.6 is 0 Å². The quantitative estimate of drug-likeness (QED) is 0.489. The molecule has 0 bridgehead atoms. The maximum atomic E-state index is 12.3. The van der Waals surface area contributed by atoms with Crippen LogP contribution in [0.5, 0.6) is 0 Å². The summed E-state index contributed by atoms with van der Waals surface area (Å²) >= 11 is 0. The summed E-state index contributed by atoms with van der Waals surface area (Å²) in [4.78, 5) is 36.4. The lowest BCUT2D eigenvalue weighted by molar-refractivity contribution is -0.383. The van der Waals surface area contributed by atoms with Crippen LogP contribution in [0.15, 0.2) is 48.5 Å². The van der Waals surface area contributed by atoms with Crippen molar-refractivity contribution in [1.29, 1.82) is 0 Å². The Morgan fingerprint density at radius 3 is 2.57 bits per heavy atom. The molecule has 2 aromatic rings. The second-order valence-corrected chi connectivity index (χ2v) is 6.81. The van der Waals surface area contributed by atoms with Crippen LogP contribution in [0.25, 0.3) is 6.08 Å². The number of carbonyl (C=O) groups excluding carboxylic acids is 2. The molecule has 0 spiro atoms. The van der Waals surface area contributed by atoms with E-state index in [0.717, 1.165) is 5.56 Å². The van der Waals surface area contributed by atoms with Gasteiger partial charge in [0.05, 0.1) is 10.6 Å². The van der Waals surface area contributed by atoms with E-state index < -0.39 is 22.5 Å². The average Bonchev–Trinajstić information content (AvgIpc) is 2.65. The van der Waals surface area contributed by atoms with E-state index in [1.807, 2.05) is 30.3 Å². The number of nitro groups is 1.